The standard InChI is InChI=1S/C24H31N3O3/c25-24(29)21-11-6-14-27(17-21)15-7-13-26-23(28)18-30-22-12-5-4-10-20(22)16-19-8-2-1-3-9-19/h1-5,8-10,12,21H,6-7,11,13-18H2,(H2,25,29)(H,26,28). The Labute approximate surface area is 178 Å². The lowest BCUT2D eigenvalue weighted by Crippen LogP contribution is -2.42. The number of hydrogen-bond acceptors (Lipinski definition) is 4. The maximum absolute atomic E-state index is 12.2. The van der Waals surface area contributed by atoms with Gasteiger partial charge in [-0.3, -0.25) is 9.59 Å². The van der Waals surface area contributed by atoms with E-state index in [-0.39, 0.29) is 24.3 Å². The Balaban J connectivity index is 1.37. The van der Waals surface area contributed by atoms with Crippen LogP contribution in [-0.2, 0) is 16.0 Å². The Hall–Kier alpha value is -2.86. The predicted molar refractivity (Wildman–Crippen MR) is 117 cm³/mol. The molecule has 0 bridgehead atoms. The summed E-state index contributed by atoms with van der Waals surface area (Å²) in [6, 6.07) is 18.0. The topological polar surface area (TPSA) is 84.7 Å². The smallest absolute Gasteiger partial charge is 0.257 e. The summed E-state index contributed by atoms with van der Waals surface area (Å²) in [6.45, 7) is 3.15. The Morgan fingerprint density at radius 2 is 1.87 bits per heavy atom. The third kappa shape index (κ3) is 6.88. The van der Waals surface area contributed by atoms with Gasteiger partial charge in [0.05, 0.1) is 5.92 Å². The number of likely N-dealkylation sites (tertiary alicyclic amines) is 1. The SMILES string of the molecule is NC(=O)C1CCCN(CCCNC(=O)COc2ccccc2Cc2ccccc2)C1. The van der Waals surface area contributed by atoms with E-state index in [9.17, 15) is 9.59 Å². The first-order valence-electron chi connectivity index (χ1n) is 10.6. The molecule has 30 heavy (non-hydrogen) atoms. The summed E-state index contributed by atoms with van der Waals surface area (Å²) in [5.41, 5.74) is 7.69. The fraction of sp³-hybridized carbons (Fsp3) is 0.417. The molecule has 1 aliphatic heterocycles. The molecule has 0 aliphatic carbocycles. The van der Waals surface area contributed by atoms with Gasteiger partial charge in [0.25, 0.3) is 5.91 Å². The van der Waals surface area contributed by atoms with Gasteiger partial charge < -0.3 is 20.7 Å². The van der Waals surface area contributed by atoms with Crippen LogP contribution in [0.25, 0.3) is 0 Å². The molecule has 3 N–H and O–H groups in total. The number of piperidine rings is 1. The third-order valence-corrected chi connectivity index (χ3v) is 5.45. The zero-order chi connectivity index (χ0) is 21.2. The van der Waals surface area contributed by atoms with Crippen LogP contribution in [0.4, 0.5) is 0 Å². The molecule has 1 atom stereocenters. The summed E-state index contributed by atoms with van der Waals surface area (Å²) < 4.78 is 5.78. The predicted octanol–water partition coefficient (Wildman–Crippen LogP) is 2.36. The Bertz CT molecular complexity index is 825. The van der Waals surface area contributed by atoms with E-state index in [0.29, 0.717) is 6.54 Å². The van der Waals surface area contributed by atoms with Gasteiger partial charge in [0, 0.05) is 19.5 Å². The van der Waals surface area contributed by atoms with Crippen molar-refractivity contribution in [1.29, 1.82) is 0 Å². The lowest BCUT2D eigenvalue weighted by Gasteiger charge is -2.31. The number of primary amides is 1. The molecule has 0 radical (unpaired) electrons. The van der Waals surface area contributed by atoms with Crippen LogP contribution in [0.15, 0.2) is 54.6 Å². The number of amides is 2. The van der Waals surface area contributed by atoms with Crippen LogP contribution in [0.2, 0.25) is 0 Å². The number of benzene rings is 2. The van der Waals surface area contributed by atoms with Crippen molar-refractivity contribution in [2.24, 2.45) is 11.7 Å². The highest BCUT2D eigenvalue weighted by Gasteiger charge is 2.23. The minimum atomic E-state index is -0.210. The summed E-state index contributed by atoms with van der Waals surface area (Å²) in [5, 5.41) is 2.91. The van der Waals surface area contributed by atoms with Crippen LogP contribution in [0.5, 0.6) is 5.75 Å². The van der Waals surface area contributed by atoms with Crippen molar-refractivity contribution >= 4 is 11.8 Å². The average molecular weight is 410 g/mol. The fourth-order valence-electron chi connectivity index (χ4n) is 3.82. The number of rotatable bonds is 10. The van der Waals surface area contributed by atoms with Crippen LogP contribution in [-0.4, -0.2) is 49.5 Å². The van der Waals surface area contributed by atoms with E-state index < -0.39 is 0 Å². The van der Waals surface area contributed by atoms with Crippen molar-refractivity contribution in [3.8, 4) is 5.75 Å². The van der Waals surface area contributed by atoms with E-state index in [0.717, 1.165) is 56.6 Å². The molecule has 2 aromatic rings. The second kappa shape index (κ2) is 11.4. The van der Waals surface area contributed by atoms with Crippen LogP contribution in [0.1, 0.15) is 30.4 Å². The number of nitrogens with one attached hydrogen (secondary N) is 1. The monoisotopic (exact) mass is 409 g/mol. The molecule has 0 saturated carbocycles. The summed E-state index contributed by atoms with van der Waals surface area (Å²) in [7, 11) is 0. The van der Waals surface area contributed by atoms with E-state index in [1.54, 1.807) is 0 Å². The average Bonchev–Trinajstić information content (AvgIpc) is 2.77. The van der Waals surface area contributed by atoms with E-state index >= 15 is 0 Å². The highest BCUT2D eigenvalue weighted by Crippen LogP contribution is 2.21. The summed E-state index contributed by atoms with van der Waals surface area (Å²) in [4.78, 5) is 25.8. The van der Waals surface area contributed by atoms with Gasteiger partial charge in [0.15, 0.2) is 6.61 Å². The second-order valence-electron chi connectivity index (χ2n) is 7.80. The minimum Gasteiger partial charge on any atom is -0.483 e. The normalized spacial score (nSPS) is 16.7. The van der Waals surface area contributed by atoms with Gasteiger partial charge in [-0.25, -0.2) is 0 Å². The van der Waals surface area contributed by atoms with Crippen molar-refractivity contribution < 1.29 is 14.3 Å². The Morgan fingerprint density at radius 1 is 1.10 bits per heavy atom. The number of hydrogen-bond donors (Lipinski definition) is 2. The van der Waals surface area contributed by atoms with E-state index in [1.165, 1.54) is 5.56 Å². The number of para-hydroxylation sites is 1. The second-order valence-corrected chi connectivity index (χ2v) is 7.80. The lowest BCUT2D eigenvalue weighted by atomic mass is 9.97. The summed E-state index contributed by atoms with van der Waals surface area (Å²) in [5.74, 6) is 0.357. The number of carbonyl (C=O) groups excluding carboxylic acids is 2. The molecule has 160 valence electrons. The minimum absolute atomic E-state index is 0.000727. The quantitative estimate of drug-likeness (QED) is 0.590. The van der Waals surface area contributed by atoms with Gasteiger partial charge in [-0.2, -0.15) is 0 Å². The molecule has 1 heterocycles. The van der Waals surface area contributed by atoms with Crippen LogP contribution in [0, 0.1) is 5.92 Å². The van der Waals surface area contributed by atoms with Crippen molar-refractivity contribution in [3.05, 3.63) is 65.7 Å². The van der Waals surface area contributed by atoms with Gasteiger partial charge in [-0.05, 0) is 49.5 Å². The molecule has 1 saturated heterocycles. The van der Waals surface area contributed by atoms with E-state index in [2.05, 4.69) is 22.3 Å². The van der Waals surface area contributed by atoms with Gasteiger partial charge in [-0.1, -0.05) is 48.5 Å². The lowest BCUT2D eigenvalue weighted by molar-refractivity contribution is -0.123. The van der Waals surface area contributed by atoms with Crippen LogP contribution >= 0.6 is 0 Å². The number of carbonyl (C=O) groups is 2. The molecular formula is C24H31N3O3. The first-order valence-corrected chi connectivity index (χ1v) is 10.6. The van der Waals surface area contributed by atoms with Gasteiger partial charge in [0.1, 0.15) is 5.75 Å². The number of nitrogens with two attached hydrogens (primary N) is 1. The molecule has 0 aromatic heterocycles. The molecule has 2 aromatic carbocycles. The molecule has 1 aliphatic rings. The number of ether oxygens (including phenoxy) is 1. The highest BCUT2D eigenvalue weighted by molar-refractivity contribution is 5.77. The molecule has 6 heteroatoms. The largest absolute Gasteiger partial charge is 0.483 e. The van der Waals surface area contributed by atoms with Crippen molar-refractivity contribution in [2.75, 3.05) is 32.8 Å². The van der Waals surface area contributed by atoms with E-state index in [4.69, 9.17) is 10.5 Å². The van der Waals surface area contributed by atoms with Crippen molar-refractivity contribution in [3.63, 3.8) is 0 Å². The summed E-state index contributed by atoms with van der Waals surface area (Å²) in [6.07, 6.45) is 3.48. The maximum Gasteiger partial charge on any atom is 0.257 e. The molecular weight excluding hydrogens is 378 g/mol. The molecule has 3 rings (SSSR count). The molecule has 6 nitrogen and oxygen atoms in total. The Morgan fingerprint density at radius 3 is 2.67 bits per heavy atom. The molecule has 0 spiro atoms. The first kappa shape index (κ1) is 21.8. The highest BCUT2D eigenvalue weighted by atomic mass is 16.5. The van der Waals surface area contributed by atoms with Crippen LogP contribution < -0.4 is 15.8 Å². The Kier molecular flexibility index (Phi) is 8.27. The zero-order valence-electron chi connectivity index (χ0n) is 17.4. The maximum atomic E-state index is 12.2. The van der Waals surface area contributed by atoms with Gasteiger partial charge in [-0.15, -0.1) is 0 Å². The molecule has 2 amide bonds. The first-order chi connectivity index (χ1) is 14.6. The van der Waals surface area contributed by atoms with Crippen molar-refractivity contribution in [2.45, 2.75) is 25.7 Å². The van der Waals surface area contributed by atoms with Crippen LogP contribution in [0.3, 0.4) is 0 Å². The fourth-order valence-corrected chi connectivity index (χ4v) is 3.82. The third-order valence-electron chi connectivity index (χ3n) is 5.45. The van der Waals surface area contributed by atoms with Crippen molar-refractivity contribution in [1.82, 2.24) is 10.2 Å². The zero-order valence-corrected chi connectivity index (χ0v) is 17.4. The van der Waals surface area contributed by atoms with Gasteiger partial charge in [0.2, 0.25) is 5.91 Å². The number of nitrogens with zero attached hydrogens (tertiary/aromatic N) is 1. The summed E-state index contributed by atoms with van der Waals surface area (Å²) >= 11 is 0. The molecule has 1 unspecified atom stereocenters. The molecule has 1 fully saturated rings. The van der Waals surface area contributed by atoms with Gasteiger partial charge >= 0.3 is 0 Å². The van der Waals surface area contributed by atoms with E-state index in [1.807, 2.05) is 42.5 Å².